The van der Waals surface area contributed by atoms with Gasteiger partial charge in [0.25, 0.3) is 5.91 Å². The van der Waals surface area contributed by atoms with Crippen LogP contribution in [0.5, 0.6) is 0 Å². The second kappa shape index (κ2) is 7.13. The van der Waals surface area contributed by atoms with Gasteiger partial charge >= 0.3 is 0 Å². The van der Waals surface area contributed by atoms with Crippen LogP contribution in [0.3, 0.4) is 0 Å². The minimum atomic E-state index is -0.0287. The van der Waals surface area contributed by atoms with Gasteiger partial charge in [-0.05, 0) is 49.4 Å². The van der Waals surface area contributed by atoms with Crippen molar-refractivity contribution in [3.63, 3.8) is 0 Å². The Morgan fingerprint density at radius 1 is 1.32 bits per heavy atom. The highest BCUT2D eigenvalue weighted by atomic mass is 35.5. The third-order valence-electron chi connectivity index (χ3n) is 4.54. The molecule has 0 unspecified atom stereocenters. The van der Waals surface area contributed by atoms with Crippen LogP contribution in [0.2, 0.25) is 0 Å². The molecule has 2 bridgehead atoms. The standard InChI is InChI=1S/C15H17N3OS.2ClH/c19-15(12-7-14-11(8-16-12)3-6-20-14)17-13-9-18-4-1-10(13)2-5-18;;/h3,6-8,10,13H,1-2,4-5,9H2,(H,17,19);2*1H/t13-;;/m1../s1. The Bertz CT molecular complexity index is 655. The Kier molecular flexibility index (Phi) is 5.66. The van der Waals surface area contributed by atoms with Crippen molar-refractivity contribution < 1.29 is 4.79 Å². The molecule has 0 saturated carbocycles. The Labute approximate surface area is 146 Å². The Hall–Kier alpha value is -0.880. The quantitative estimate of drug-likeness (QED) is 0.896. The van der Waals surface area contributed by atoms with E-state index in [9.17, 15) is 4.79 Å². The first kappa shape index (κ1) is 17.5. The van der Waals surface area contributed by atoms with E-state index in [0.29, 0.717) is 17.7 Å². The summed E-state index contributed by atoms with van der Waals surface area (Å²) in [5.74, 6) is 0.619. The molecule has 0 aromatic carbocycles. The summed E-state index contributed by atoms with van der Waals surface area (Å²) in [5, 5.41) is 6.32. The number of fused-ring (bicyclic) bond motifs is 4. The van der Waals surface area contributed by atoms with Crippen molar-refractivity contribution in [2.24, 2.45) is 5.92 Å². The molecule has 0 spiro atoms. The van der Waals surface area contributed by atoms with Crippen molar-refractivity contribution >= 4 is 52.1 Å². The van der Waals surface area contributed by atoms with Gasteiger partial charge in [0, 0.05) is 28.9 Å². The number of nitrogens with one attached hydrogen (secondary N) is 1. The molecule has 0 aliphatic carbocycles. The summed E-state index contributed by atoms with van der Waals surface area (Å²) >= 11 is 1.65. The van der Waals surface area contributed by atoms with Gasteiger partial charge in [0.15, 0.2) is 0 Å². The Morgan fingerprint density at radius 3 is 2.77 bits per heavy atom. The molecule has 3 aliphatic heterocycles. The van der Waals surface area contributed by atoms with E-state index in [0.717, 1.165) is 16.6 Å². The fourth-order valence-electron chi connectivity index (χ4n) is 3.35. The van der Waals surface area contributed by atoms with Crippen LogP contribution in [0.1, 0.15) is 23.3 Å². The van der Waals surface area contributed by atoms with Crippen LogP contribution in [0, 0.1) is 5.92 Å². The number of carbonyl (C=O) groups excluding carboxylic acids is 1. The molecule has 1 atom stereocenters. The average molecular weight is 360 g/mol. The molecule has 22 heavy (non-hydrogen) atoms. The maximum Gasteiger partial charge on any atom is 0.270 e. The smallest absolute Gasteiger partial charge is 0.270 e. The summed E-state index contributed by atoms with van der Waals surface area (Å²) in [5.41, 5.74) is 0.538. The predicted octanol–water partition coefficient (Wildman–Crippen LogP) is 2.96. The molecule has 3 aliphatic rings. The van der Waals surface area contributed by atoms with Crippen LogP contribution >= 0.6 is 36.2 Å². The van der Waals surface area contributed by atoms with Gasteiger partial charge in [-0.25, -0.2) is 0 Å². The fraction of sp³-hybridized carbons (Fsp3) is 0.467. The van der Waals surface area contributed by atoms with Crippen LogP contribution in [0.15, 0.2) is 23.7 Å². The molecule has 1 N–H and O–H groups in total. The first-order chi connectivity index (χ1) is 9.79. The van der Waals surface area contributed by atoms with Crippen molar-refractivity contribution in [2.45, 2.75) is 18.9 Å². The number of pyridine rings is 1. The lowest BCUT2D eigenvalue weighted by Crippen LogP contribution is -2.57. The van der Waals surface area contributed by atoms with Gasteiger partial charge in [-0.15, -0.1) is 36.2 Å². The molecule has 120 valence electrons. The lowest BCUT2D eigenvalue weighted by molar-refractivity contribution is 0.0618. The molecule has 2 aromatic heterocycles. The number of rotatable bonds is 2. The molecule has 0 radical (unpaired) electrons. The molecular formula is C15H19Cl2N3OS. The summed E-state index contributed by atoms with van der Waals surface area (Å²) in [6, 6.07) is 4.23. The minimum Gasteiger partial charge on any atom is -0.346 e. The van der Waals surface area contributed by atoms with Crippen molar-refractivity contribution in [1.29, 1.82) is 0 Å². The molecule has 3 saturated heterocycles. The SMILES string of the molecule is Cl.Cl.O=C(N[C@@H]1CN2CCC1CC2)c1cc2sccc2cn1. The summed E-state index contributed by atoms with van der Waals surface area (Å²) in [4.78, 5) is 19.1. The zero-order chi connectivity index (χ0) is 13.5. The van der Waals surface area contributed by atoms with E-state index in [1.54, 1.807) is 17.5 Å². The number of thiophene rings is 1. The van der Waals surface area contributed by atoms with Gasteiger partial charge in [0.1, 0.15) is 5.69 Å². The van der Waals surface area contributed by atoms with Gasteiger partial charge in [-0.2, -0.15) is 0 Å². The lowest BCUT2D eigenvalue weighted by atomic mass is 9.84. The van der Waals surface area contributed by atoms with Crippen molar-refractivity contribution in [3.05, 3.63) is 29.4 Å². The molecule has 7 heteroatoms. The van der Waals surface area contributed by atoms with Crippen LogP contribution in [0.25, 0.3) is 10.1 Å². The fourth-order valence-corrected chi connectivity index (χ4v) is 4.15. The normalized spacial score (nSPS) is 26.1. The summed E-state index contributed by atoms with van der Waals surface area (Å²) in [6.45, 7) is 3.38. The number of carbonyl (C=O) groups is 1. The number of hydrogen-bond acceptors (Lipinski definition) is 4. The topological polar surface area (TPSA) is 45.2 Å². The van der Waals surface area contributed by atoms with E-state index in [1.165, 1.54) is 25.9 Å². The van der Waals surface area contributed by atoms with Crippen molar-refractivity contribution in [2.75, 3.05) is 19.6 Å². The largest absolute Gasteiger partial charge is 0.346 e. The van der Waals surface area contributed by atoms with Gasteiger partial charge in [-0.3, -0.25) is 9.78 Å². The summed E-state index contributed by atoms with van der Waals surface area (Å²) in [6.07, 6.45) is 4.21. The number of aromatic nitrogens is 1. The molecule has 1 amide bonds. The van der Waals surface area contributed by atoms with E-state index in [2.05, 4.69) is 15.2 Å². The van der Waals surface area contributed by atoms with E-state index in [4.69, 9.17) is 0 Å². The number of amides is 1. The first-order valence-corrected chi connectivity index (χ1v) is 8.04. The molecule has 4 nitrogen and oxygen atoms in total. The number of halogens is 2. The molecule has 5 heterocycles. The van der Waals surface area contributed by atoms with Gasteiger partial charge in [0.2, 0.25) is 0 Å². The maximum atomic E-state index is 12.4. The highest BCUT2D eigenvalue weighted by Crippen LogP contribution is 2.27. The molecule has 5 rings (SSSR count). The van der Waals surface area contributed by atoms with Crippen molar-refractivity contribution in [3.8, 4) is 0 Å². The predicted molar refractivity (Wildman–Crippen MR) is 94.5 cm³/mol. The van der Waals surface area contributed by atoms with E-state index >= 15 is 0 Å². The Balaban J connectivity index is 0.000000882. The first-order valence-electron chi connectivity index (χ1n) is 7.16. The molecule has 2 aromatic rings. The maximum absolute atomic E-state index is 12.4. The van der Waals surface area contributed by atoms with E-state index < -0.39 is 0 Å². The third-order valence-corrected chi connectivity index (χ3v) is 5.42. The highest BCUT2D eigenvalue weighted by Gasteiger charge is 2.35. The molecule has 3 fully saturated rings. The summed E-state index contributed by atoms with van der Waals surface area (Å²) < 4.78 is 1.12. The third kappa shape index (κ3) is 3.23. The van der Waals surface area contributed by atoms with E-state index in [-0.39, 0.29) is 30.7 Å². The Morgan fingerprint density at radius 2 is 2.09 bits per heavy atom. The van der Waals surface area contributed by atoms with Gasteiger partial charge < -0.3 is 10.2 Å². The average Bonchev–Trinajstić information content (AvgIpc) is 2.96. The zero-order valence-corrected chi connectivity index (χ0v) is 14.5. The van der Waals surface area contributed by atoms with Crippen LogP contribution in [-0.4, -0.2) is 41.5 Å². The van der Waals surface area contributed by atoms with Crippen LogP contribution < -0.4 is 5.32 Å². The number of nitrogens with zero attached hydrogens (tertiary/aromatic N) is 2. The van der Waals surface area contributed by atoms with Crippen LogP contribution in [-0.2, 0) is 0 Å². The second-order valence-corrected chi connectivity index (χ2v) is 6.69. The lowest BCUT2D eigenvalue weighted by Gasteiger charge is -2.44. The van der Waals surface area contributed by atoms with E-state index in [1.807, 2.05) is 17.5 Å². The number of piperidine rings is 3. The second-order valence-electron chi connectivity index (χ2n) is 5.75. The molecular weight excluding hydrogens is 341 g/mol. The van der Waals surface area contributed by atoms with Crippen LogP contribution in [0.4, 0.5) is 0 Å². The van der Waals surface area contributed by atoms with Gasteiger partial charge in [0.05, 0.1) is 0 Å². The van der Waals surface area contributed by atoms with Crippen molar-refractivity contribution in [1.82, 2.24) is 15.2 Å². The number of hydrogen-bond donors (Lipinski definition) is 1. The highest BCUT2D eigenvalue weighted by molar-refractivity contribution is 7.17. The monoisotopic (exact) mass is 359 g/mol. The minimum absolute atomic E-state index is 0. The van der Waals surface area contributed by atoms with Gasteiger partial charge in [-0.1, -0.05) is 0 Å². The zero-order valence-electron chi connectivity index (χ0n) is 12.0. The summed E-state index contributed by atoms with van der Waals surface area (Å²) in [7, 11) is 0.